The van der Waals surface area contributed by atoms with E-state index >= 15 is 0 Å². The van der Waals surface area contributed by atoms with E-state index in [2.05, 4.69) is 15.3 Å². The number of carbonyl (C=O) groups excluding carboxylic acids is 2. The molecule has 13 heteroatoms. The third-order valence-corrected chi connectivity index (χ3v) is 8.72. The van der Waals surface area contributed by atoms with Crippen LogP contribution in [0, 0.1) is 5.92 Å². The minimum Gasteiger partial charge on any atom is -0.444 e. The van der Waals surface area contributed by atoms with Crippen LogP contribution in [0.1, 0.15) is 75.2 Å². The number of hydrogen-bond donors (Lipinski definition) is 1. The van der Waals surface area contributed by atoms with E-state index in [0.29, 0.717) is 24.8 Å². The molecule has 2 aliphatic rings. The molecule has 2 fully saturated rings. The van der Waals surface area contributed by atoms with Crippen molar-refractivity contribution in [1.29, 1.82) is 0 Å². The van der Waals surface area contributed by atoms with E-state index in [1.807, 2.05) is 41.5 Å². The number of sulfone groups is 1. The summed E-state index contributed by atoms with van der Waals surface area (Å²) in [5.74, 6) is -0.870. The molecule has 38 heavy (non-hydrogen) atoms. The number of aromatic nitrogens is 2. The van der Waals surface area contributed by atoms with Crippen molar-refractivity contribution in [1.82, 2.24) is 20.2 Å². The fourth-order valence-electron chi connectivity index (χ4n) is 4.34. The number of likely N-dealkylation sites (tertiary alicyclic amines) is 1. The Bertz CT molecular complexity index is 1120. The molecule has 11 nitrogen and oxygen atoms in total. The lowest BCUT2D eigenvalue weighted by atomic mass is 9.81. The molecule has 0 aromatic carbocycles. The van der Waals surface area contributed by atoms with E-state index in [1.54, 1.807) is 25.7 Å². The maximum absolute atomic E-state index is 13.4. The summed E-state index contributed by atoms with van der Waals surface area (Å²) >= 11 is 0. The molecule has 3 heterocycles. The van der Waals surface area contributed by atoms with Crippen molar-refractivity contribution in [3.63, 3.8) is 0 Å². The highest BCUT2D eigenvalue weighted by molar-refractivity contribution is 7.91. The first-order valence-corrected chi connectivity index (χ1v) is 14.7. The molecule has 2 atom stereocenters. The lowest BCUT2D eigenvalue weighted by molar-refractivity contribution is -0.135. The Kier molecular flexibility index (Phi) is 8.55. The number of nitrogens with zero attached hydrogens (tertiary/aromatic N) is 3. The second-order valence-corrected chi connectivity index (χ2v) is 14.3. The third-order valence-electron chi connectivity index (χ3n) is 7.13. The van der Waals surface area contributed by atoms with Crippen LogP contribution in [0.25, 0.3) is 0 Å². The molecule has 1 aromatic rings. The van der Waals surface area contributed by atoms with Crippen LogP contribution in [0.2, 0.25) is 0 Å². The lowest BCUT2D eigenvalue weighted by Crippen LogP contribution is -2.54. The van der Waals surface area contributed by atoms with Gasteiger partial charge < -0.3 is 24.3 Å². The van der Waals surface area contributed by atoms with Crippen LogP contribution in [0.15, 0.2) is 17.6 Å². The quantitative estimate of drug-likeness (QED) is 0.398. The van der Waals surface area contributed by atoms with Crippen LogP contribution in [0.4, 0.5) is 4.79 Å². The van der Waals surface area contributed by atoms with Gasteiger partial charge in [0.05, 0.1) is 17.0 Å². The number of hydrogen-bond acceptors (Lipinski definition) is 9. The van der Waals surface area contributed by atoms with Crippen LogP contribution < -0.4 is 10.8 Å². The van der Waals surface area contributed by atoms with E-state index in [4.69, 9.17) is 14.0 Å². The Morgan fingerprint density at radius 1 is 1.16 bits per heavy atom. The number of carbonyl (C=O) groups is 2. The van der Waals surface area contributed by atoms with Gasteiger partial charge in [-0.3, -0.25) is 4.79 Å². The number of rotatable bonds is 7. The maximum atomic E-state index is 13.4. The van der Waals surface area contributed by atoms with Crippen LogP contribution in [-0.4, -0.2) is 83.6 Å². The molecule has 2 aliphatic heterocycles. The molecule has 2 saturated heterocycles. The Morgan fingerprint density at radius 3 is 2.21 bits per heavy atom. The molecular weight excluding hydrogens is 511 g/mol. The molecule has 1 N–H and O–H groups in total. The molecule has 0 saturated carbocycles. The van der Waals surface area contributed by atoms with Gasteiger partial charge in [0.2, 0.25) is 20.9 Å². The largest absolute Gasteiger partial charge is 0.498 e. The summed E-state index contributed by atoms with van der Waals surface area (Å²) in [5, 5.41) is 2.34. The second kappa shape index (κ2) is 10.7. The Labute approximate surface area is 226 Å². The number of nitrogens with one attached hydrogen (secondary N) is 1. The molecule has 0 spiro atoms. The van der Waals surface area contributed by atoms with Gasteiger partial charge in [-0.25, -0.2) is 23.2 Å². The topological polar surface area (TPSA) is 137 Å². The molecular formula is C25H41BN4O7S. The highest BCUT2D eigenvalue weighted by atomic mass is 32.2. The van der Waals surface area contributed by atoms with Crippen molar-refractivity contribution in [3.8, 4) is 0 Å². The van der Waals surface area contributed by atoms with Crippen molar-refractivity contribution >= 4 is 34.4 Å². The summed E-state index contributed by atoms with van der Waals surface area (Å²) in [7, 11) is -4.60. The molecule has 0 bridgehead atoms. The molecule has 2 amide bonds. The summed E-state index contributed by atoms with van der Waals surface area (Å²) < 4.78 is 43.7. The smallest absolute Gasteiger partial charge is 0.444 e. The predicted octanol–water partition coefficient (Wildman–Crippen LogP) is 2.09. The van der Waals surface area contributed by atoms with Crippen molar-refractivity contribution in [2.45, 2.75) is 109 Å². The first-order valence-electron chi connectivity index (χ1n) is 13.0. The normalized spacial score (nSPS) is 22.0. The second-order valence-electron chi connectivity index (χ2n) is 12.4. The van der Waals surface area contributed by atoms with Crippen molar-refractivity contribution in [2.24, 2.45) is 5.92 Å². The molecule has 212 valence electrons. The average molecular weight is 553 g/mol. The average Bonchev–Trinajstić information content (AvgIpc) is 3.30. The minimum absolute atomic E-state index is 0.223. The van der Waals surface area contributed by atoms with E-state index in [1.165, 1.54) is 12.4 Å². The monoisotopic (exact) mass is 552 g/mol. The summed E-state index contributed by atoms with van der Waals surface area (Å²) in [6.07, 6.45) is 3.29. The van der Waals surface area contributed by atoms with E-state index in [0.717, 1.165) is 0 Å². The van der Waals surface area contributed by atoms with Gasteiger partial charge in [-0.1, -0.05) is 13.8 Å². The molecule has 3 rings (SSSR count). The zero-order valence-electron chi connectivity index (χ0n) is 23.9. The van der Waals surface area contributed by atoms with Crippen molar-refractivity contribution in [3.05, 3.63) is 12.4 Å². The van der Waals surface area contributed by atoms with Gasteiger partial charge in [-0.05, 0) is 67.2 Å². The SMILES string of the molecule is CC(C)[C@@H](NC(=O)OC(C)(C)C)C(=O)N1CCC[C@@H]1CS(=O)(=O)c1ncc(B2OC(C)(C)C(C)(C)O2)cn1. The molecule has 0 aliphatic carbocycles. The fraction of sp³-hybridized carbons (Fsp3) is 0.760. The maximum Gasteiger partial charge on any atom is 0.498 e. The van der Waals surface area contributed by atoms with E-state index in [9.17, 15) is 18.0 Å². The van der Waals surface area contributed by atoms with Gasteiger partial charge in [0, 0.05) is 30.4 Å². The van der Waals surface area contributed by atoms with Crippen molar-refractivity contribution in [2.75, 3.05) is 12.3 Å². The zero-order valence-corrected chi connectivity index (χ0v) is 24.7. The number of ether oxygens (including phenoxy) is 1. The molecule has 0 unspecified atom stereocenters. The van der Waals surface area contributed by atoms with Gasteiger partial charge in [0.15, 0.2) is 0 Å². The summed E-state index contributed by atoms with van der Waals surface area (Å²) in [6.45, 7) is 17.0. The third kappa shape index (κ3) is 6.84. The van der Waals surface area contributed by atoms with E-state index < -0.39 is 51.9 Å². The zero-order chi connectivity index (χ0) is 28.7. The summed E-state index contributed by atoms with van der Waals surface area (Å²) in [5.41, 5.74) is -1.29. The Morgan fingerprint density at radius 2 is 1.71 bits per heavy atom. The van der Waals surface area contributed by atoms with Gasteiger partial charge in [0.1, 0.15) is 11.6 Å². The first-order chi connectivity index (χ1) is 17.3. The molecule has 0 radical (unpaired) electrons. The summed E-state index contributed by atoms with van der Waals surface area (Å²) in [4.78, 5) is 35.5. The number of amides is 2. The van der Waals surface area contributed by atoms with Crippen LogP contribution in [0.5, 0.6) is 0 Å². The van der Waals surface area contributed by atoms with E-state index in [-0.39, 0.29) is 22.7 Å². The standard InChI is InChI=1S/C25H41BN4O7S/c1-16(2)19(29-22(32)35-23(3,4)5)20(31)30-12-10-11-18(30)15-38(33,34)21-27-13-17(14-28-21)26-36-24(6,7)25(8,9)37-26/h13-14,16,18-19H,10-12,15H2,1-9H3,(H,29,32)/t18-,19-/m1/s1. The summed E-state index contributed by atoms with van der Waals surface area (Å²) in [6, 6.07) is -1.40. The first kappa shape index (κ1) is 30.3. The van der Waals surface area contributed by atoms with Gasteiger partial charge >= 0.3 is 13.2 Å². The molecule has 1 aromatic heterocycles. The Balaban J connectivity index is 1.71. The van der Waals surface area contributed by atoms with Crippen molar-refractivity contribution < 1.29 is 32.1 Å². The van der Waals surface area contributed by atoms with Gasteiger partial charge in [0.25, 0.3) is 0 Å². The highest BCUT2D eigenvalue weighted by Crippen LogP contribution is 2.36. The van der Waals surface area contributed by atoms with Crippen LogP contribution >= 0.6 is 0 Å². The predicted molar refractivity (Wildman–Crippen MR) is 143 cm³/mol. The van der Waals surface area contributed by atoms with Crippen LogP contribution in [-0.2, 0) is 28.7 Å². The van der Waals surface area contributed by atoms with Crippen LogP contribution in [0.3, 0.4) is 0 Å². The Hall–Kier alpha value is -2.25. The lowest BCUT2D eigenvalue weighted by Gasteiger charge is -2.32. The highest BCUT2D eigenvalue weighted by Gasteiger charge is 2.52. The minimum atomic E-state index is -3.90. The van der Waals surface area contributed by atoms with Gasteiger partial charge in [-0.2, -0.15) is 0 Å². The fourth-order valence-corrected chi connectivity index (χ4v) is 5.77. The number of alkyl carbamates (subject to hydrolysis) is 1. The van der Waals surface area contributed by atoms with Gasteiger partial charge in [-0.15, -0.1) is 0 Å².